The molecule has 140 valence electrons. The summed E-state index contributed by atoms with van der Waals surface area (Å²) in [4.78, 5) is 10.7. The van der Waals surface area contributed by atoms with Gasteiger partial charge in [-0.1, -0.05) is 75.9 Å². The average molecular weight is 389 g/mol. The zero-order chi connectivity index (χ0) is 19.0. The fraction of sp³-hybridized carbons (Fsp3) is 0.421. The Labute approximate surface area is 180 Å². The Balaban J connectivity index is 0. The molecule has 1 rings (SSSR count). The van der Waals surface area contributed by atoms with Crippen LogP contribution in [0.15, 0.2) is 48.4 Å². The SMILES string of the molecule is C=CC(=O)NCCCCCCCC.O=S(=O)([O-])C=Cc1ccccc1.[Na+]. The van der Waals surface area contributed by atoms with Crippen LogP contribution in [0.25, 0.3) is 6.08 Å². The van der Waals surface area contributed by atoms with Crippen molar-refractivity contribution in [3.8, 4) is 0 Å². The van der Waals surface area contributed by atoms with E-state index >= 15 is 0 Å². The minimum absolute atomic E-state index is 0. The molecule has 0 fully saturated rings. The summed E-state index contributed by atoms with van der Waals surface area (Å²) in [5, 5.41) is 3.41. The van der Waals surface area contributed by atoms with Crippen molar-refractivity contribution in [1.82, 2.24) is 5.32 Å². The zero-order valence-corrected chi connectivity index (χ0v) is 18.6. The van der Waals surface area contributed by atoms with E-state index < -0.39 is 10.1 Å². The number of unbranched alkanes of at least 4 members (excludes halogenated alkanes) is 5. The molecule has 0 unspecified atom stereocenters. The van der Waals surface area contributed by atoms with Crippen LogP contribution in [0.3, 0.4) is 0 Å². The maximum absolute atomic E-state index is 10.7. The second-order valence-corrected chi connectivity index (χ2v) is 6.73. The van der Waals surface area contributed by atoms with Crippen LogP contribution in [0.5, 0.6) is 0 Å². The van der Waals surface area contributed by atoms with E-state index in [1.54, 1.807) is 24.3 Å². The van der Waals surface area contributed by atoms with Gasteiger partial charge in [-0.05, 0) is 24.1 Å². The number of benzene rings is 1. The van der Waals surface area contributed by atoms with Crippen LogP contribution in [0.4, 0.5) is 0 Å². The van der Waals surface area contributed by atoms with Gasteiger partial charge in [0.05, 0.1) is 0 Å². The third kappa shape index (κ3) is 19.4. The fourth-order valence-electron chi connectivity index (χ4n) is 1.92. The summed E-state index contributed by atoms with van der Waals surface area (Å²) in [6.45, 7) is 6.39. The predicted octanol–water partition coefficient (Wildman–Crippen LogP) is 0.856. The van der Waals surface area contributed by atoms with Crippen LogP contribution in [-0.4, -0.2) is 25.4 Å². The number of carbonyl (C=O) groups is 1. The second-order valence-electron chi connectivity index (χ2n) is 5.47. The molecule has 5 nitrogen and oxygen atoms in total. The van der Waals surface area contributed by atoms with E-state index in [-0.39, 0.29) is 35.5 Å². The minimum Gasteiger partial charge on any atom is -0.744 e. The number of carbonyl (C=O) groups excluding carboxylic acids is 1. The van der Waals surface area contributed by atoms with Crippen molar-refractivity contribution in [1.29, 1.82) is 0 Å². The molecule has 7 heteroatoms. The summed E-state index contributed by atoms with van der Waals surface area (Å²) in [6, 6.07) is 8.75. The summed E-state index contributed by atoms with van der Waals surface area (Å²) in [6.07, 6.45) is 10.1. The Bertz CT molecular complexity index is 616. The first-order valence-corrected chi connectivity index (χ1v) is 9.95. The van der Waals surface area contributed by atoms with Crippen LogP contribution < -0.4 is 34.9 Å². The molecule has 1 aromatic rings. The summed E-state index contributed by atoms with van der Waals surface area (Å²) in [5.74, 6) is -0.0615. The van der Waals surface area contributed by atoms with Gasteiger partial charge in [-0.2, -0.15) is 0 Å². The van der Waals surface area contributed by atoms with Crippen molar-refractivity contribution in [3.63, 3.8) is 0 Å². The Kier molecular flexibility index (Phi) is 18.4. The van der Waals surface area contributed by atoms with Crippen LogP contribution in [0, 0.1) is 0 Å². The number of nitrogens with one attached hydrogen (secondary N) is 1. The van der Waals surface area contributed by atoms with E-state index in [1.165, 1.54) is 44.3 Å². The van der Waals surface area contributed by atoms with Gasteiger partial charge < -0.3 is 9.87 Å². The van der Waals surface area contributed by atoms with E-state index in [0.29, 0.717) is 11.0 Å². The van der Waals surface area contributed by atoms with Crippen LogP contribution in [0.1, 0.15) is 51.0 Å². The van der Waals surface area contributed by atoms with Gasteiger partial charge in [0.1, 0.15) is 10.1 Å². The smallest absolute Gasteiger partial charge is 0.744 e. The topological polar surface area (TPSA) is 86.3 Å². The maximum Gasteiger partial charge on any atom is 1.00 e. The van der Waals surface area contributed by atoms with Crippen molar-refractivity contribution in [3.05, 3.63) is 54.0 Å². The fourth-order valence-corrected chi connectivity index (χ4v) is 2.24. The number of rotatable bonds is 10. The molecule has 0 bridgehead atoms. The van der Waals surface area contributed by atoms with Crippen molar-refractivity contribution < 1.29 is 47.3 Å². The van der Waals surface area contributed by atoms with Crippen molar-refractivity contribution in [2.45, 2.75) is 45.4 Å². The molecular formula is C19H28NNaO4S. The Hall–Kier alpha value is -0.920. The molecule has 0 aliphatic heterocycles. The molecule has 0 aliphatic rings. The van der Waals surface area contributed by atoms with Crippen molar-refractivity contribution in [2.75, 3.05) is 6.54 Å². The first-order valence-electron chi connectivity index (χ1n) is 8.48. The van der Waals surface area contributed by atoms with Gasteiger partial charge in [0.15, 0.2) is 0 Å². The Morgan fingerprint density at radius 3 is 2.23 bits per heavy atom. The van der Waals surface area contributed by atoms with E-state index in [2.05, 4.69) is 18.8 Å². The minimum atomic E-state index is -4.25. The van der Waals surface area contributed by atoms with E-state index in [1.807, 2.05) is 6.07 Å². The predicted molar refractivity (Wildman–Crippen MR) is 102 cm³/mol. The Morgan fingerprint density at radius 2 is 1.69 bits per heavy atom. The van der Waals surface area contributed by atoms with Gasteiger partial charge in [-0.3, -0.25) is 4.79 Å². The van der Waals surface area contributed by atoms with Gasteiger partial charge >= 0.3 is 29.6 Å². The molecule has 0 spiro atoms. The summed E-state index contributed by atoms with van der Waals surface area (Å²) in [5.41, 5.74) is 0.692. The van der Waals surface area contributed by atoms with Crippen LogP contribution in [-0.2, 0) is 14.9 Å². The molecular weight excluding hydrogens is 361 g/mol. The van der Waals surface area contributed by atoms with Crippen molar-refractivity contribution in [2.24, 2.45) is 0 Å². The second kappa shape index (κ2) is 17.5. The molecule has 0 aromatic heterocycles. The third-order valence-corrected chi connectivity index (χ3v) is 3.71. The molecule has 1 amide bonds. The molecule has 0 radical (unpaired) electrons. The molecule has 0 saturated carbocycles. The van der Waals surface area contributed by atoms with E-state index in [9.17, 15) is 17.8 Å². The average Bonchev–Trinajstić information content (AvgIpc) is 2.60. The molecule has 26 heavy (non-hydrogen) atoms. The summed E-state index contributed by atoms with van der Waals surface area (Å²) < 4.78 is 30.5. The molecule has 0 atom stereocenters. The Morgan fingerprint density at radius 1 is 1.12 bits per heavy atom. The van der Waals surface area contributed by atoms with E-state index in [0.717, 1.165) is 13.0 Å². The van der Waals surface area contributed by atoms with Gasteiger partial charge in [0.2, 0.25) is 5.91 Å². The zero-order valence-electron chi connectivity index (χ0n) is 15.8. The molecule has 1 aromatic carbocycles. The van der Waals surface area contributed by atoms with Crippen LogP contribution >= 0.6 is 0 Å². The first kappa shape index (κ1) is 27.3. The number of amides is 1. The maximum atomic E-state index is 10.7. The quantitative estimate of drug-likeness (QED) is 0.278. The van der Waals surface area contributed by atoms with Crippen molar-refractivity contribution >= 4 is 22.1 Å². The molecule has 0 heterocycles. The number of hydrogen-bond donors (Lipinski definition) is 1. The summed E-state index contributed by atoms with van der Waals surface area (Å²) >= 11 is 0. The van der Waals surface area contributed by atoms with Gasteiger partial charge in [0, 0.05) is 12.0 Å². The van der Waals surface area contributed by atoms with E-state index in [4.69, 9.17) is 0 Å². The van der Waals surface area contributed by atoms with Gasteiger partial charge in [-0.25, -0.2) is 8.42 Å². The normalized spacial score (nSPS) is 10.4. The monoisotopic (exact) mass is 389 g/mol. The molecule has 0 aliphatic carbocycles. The standard InChI is InChI=1S/C11H21NO.C8H8O3S.Na/c1-3-5-6-7-8-9-10-12-11(13)4-2;9-12(10,11)7-6-8-4-2-1-3-5-8;/h4H,2-3,5-10H2,1H3,(H,12,13);1-7H,(H,9,10,11);/q;;+1/p-1. The largest absolute Gasteiger partial charge is 1.00 e. The molecule has 1 N–H and O–H groups in total. The number of hydrogen-bond acceptors (Lipinski definition) is 4. The third-order valence-electron chi connectivity index (χ3n) is 3.24. The van der Waals surface area contributed by atoms with Gasteiger partial charge in [0.25, 0.3) is 0 Å². The molecule has 0 saturated heterocycles. The van der Waals surface area contributed by atoms with Crippen LogP contribution in [0.2, 0.25) is 0 Å². The summed E-state index contributed by atoms with van der Waals surface area (Å²) in [7, 11) is -4.25. The first-order chi connectivity index (χ1) is 11.9. The van der Waals surface area contributed by atoms with Gasteiger partial charge in [-0.15, -0.1) is 0 Å².